The van der Waals surface area contributed by atoms with Gasteiger partial charge in [0, 0.05) is 0 Å². The molecule has 0 aliphatic heterocycles. The number of rotatable bonds is 8. The first-order valence-corrected chi connectivity index (χ1v) is 10.1. The van der Waals surface area contributed by atoms with Gasteiger partial charge in [0.05, 0.1) is 17.4 Å². The Bertz CT molecular complexity index is 915. The zero-order valence-corrected chi connectivity index (χ0v) is 16.6. The highest BCUT2D eigenvalue weighted by Gasteiger charge is 2.18. The molecule has 28 heavy (non-hydrogen) atoms. The van der Waals surface area contributed by atoms with Gasteiger partial charge in [-0.2, -0.15) is 0 Å². The second-order valence-electron chi connectivity index (χ2n) is 6.80. The summed E-state index contributed by atoms with van der Waals surface area (Å²) in [5.41, 5.74) is 1.32. The lowest BCUT2D eigenvalue weighted by Crippen LogP contribution is -2.30. The highest BCUT2D eigenvalue weighted by Crippen LogP contribution is 2.26. The van der Waals surface area contributed by atoms with Gasteiger partial charge in [-0.1, -0.05) is 68.1 Å². The average molecular weight is 399 g/mol. The number of nitrogens with zero attached hydrogens (tertiary/aromatic N) is 2. The minimum Gasteiger partial charge on any atom is -0.411 e. The number of halogens is 1. The number of hydrogen-bond acceptors (Lipinski definition) is 5. The van der Waals surface area contributed by atoms with E-state index in [-0.39, 0.29) is 34.4 Å². The van der Waals surface area contributed by atoms with Crippen molar-refractivity contribution < 1.29 is 13.6 Å². The van der Waals surface area contributed by atoms with Crippen LogP contribution in [-0.2, 0) is 4.79 Å². The lowest BCUT2D eigenvalue weighted by Gasteiger charge is -2.21. The summed E-state index contributed by atoms with van der Waals surface area (Å²) >= 11 is 1.13. The molecule has 3 aromatic rings. The molecule has 0 saturated heterocycles. The first kappa shape index (κ1) is 20.1. The molecule has 0 unspecified atom stereocenters. The first-order valence-electron chi connectivity index (χ1n) is 9.08. The Kier molecular flexibility index (Phi) is 6.81. The largest absolute Gasteiger partial charge is 0.411 e. The van der Waals surface area contributed by atoms with E-state index >= 15 is 0 Å². The number of carbonyl (C=O) groups is 1. The molecule has 2 aromatic carbocycles. The summed E-state index contributed by atoms with van der Waals surface area (Å²) in [6.45, 7) is 4.25. The van der Waals surface area contributed by atoms with E-state index < -0.39 is 5.82 Å². The van der Waals surface area contributed by atoms with Gasteiger partial charge >= 0.3 is 0 Å². The van der Waals surface area contributed by atoms with Crippen molar-refractivity contribution >= 4 is 17.7 Å². The maximum atomic E-state index is 13.8. The van der Waals surface area contributed by atoms with Crippen LogP contribution in [-0.4, -0.2) is 21.9 Å². The maximum absolute atomic E-state index is 13.8. The van der Waals surface area contributed by atoms with Gasteiger partial charge in [0.25, 0.3) is 11.1 Å². The van der Waals surface area contributed by atoms with Crippen LogP contribution in [0, 0.1) is 11.7 Å². The lowest BCUT2D eigenvalue weighted by molar-refractivity contribution is -0.119. The summed E-state index contributed by atoms with van der Waals surface area (Å²) in [6, 6.07) is 16.0. The molecule has 0 radical (unpaired) electrons. The van der Waals surface area contributed by atoms with Crippen LogP contribution < -0.4 is 5.32 Å². The van der Waals surface area contributed by atoms with E-state index in [2.05, 4.69) is 29.4 Å². The zero-order valence-electron chi connectivity index (χ0n) is 15.8. The van der Waals surface area contributed by atoms with Crippen molar-refractivity contribution in [3.05, 3.63) is 66.0 Å². The van der Waals surface area contributed by atoms with Crippen LogP contribution in [0.1, 0.15) is 31.9 Å². The van der Waals surface area contributed by atoms with Crippen molar-refractivity contribution in [3.8, 4) is 11.5 Å². The van der Waals surface area contributed by atoms with Crippen LogP contribution in [0.4, 0.5) is 4.39 Å². The van der Waals surface area contributed by atoms with E-state index in [0.29, 0.717) is 5.92 Å². The summed E-state index contributed by atoms with van der Waals surface area (Å²) in [7, 11) is 0. The fraction of sp³-hybridized carbons (Fsp3) is 0.286. The van der Waals surface area contributed by atoms with E-state index in [1.54, 1.807) is 18.2 Å². The molecular weight excluding hydrogens is 377 g/mol. The highest BCUT2D eigenvalue weighted by atomic mass is 32.2. The minimum absolute atomic E-state index is 0.0500. The molecule has 0 bridgehead atoms. The highest BCUT2D eigenvalue weighted by molar-refractivity contribution is 7.99. The third kappa shape index (κ3) is 5.42. The average Bonchev–Trinajstić information content (AvgIpc) is 3.15. The summed E-state index contributed by atoms with van der Waals surface area (Å²) < 4.78 is 19.3. The van der Waals surface area contributed by atoms with Crippen LogP contribution in [0.3, 0.4) is 0 Å². The summed E-state index contributed by atoms with van der Waals surface area (Å²) in [5, 5.41) is 11.1. The maximum Gasteiger partial charge on any atom is 0.277 e. The van der Waals surface area contributed by atoms with Gasteiger partial charge in [-0.05, 0) is 30.0 Å². The first-order chi connectivity index (χ1) is 13.5. The molecule has 1 amide bonds. The van der Waals surface area contributed by atoms with Crippen LogP contribution in [0.15, 0.2) is 64.2 Å². The van der Waals surface area contributed by atoms with Crippen molar-refractivity contribution in [1.82, 2.24) is 15.5 Å². The third-order valence-electron chi connectivity index (χ3n) is 4.08. The SMILES string of the molecule is CC(C)C[C@@H](NC(=O)CSc1nnc(-c2ccccc2F)o1)c1ccccc1. The normalized spacial score (nSPS) is 12.1. The second kappa shape index (κ2) is 9.50. The van der Waals surface area contributed by atoms with E-state index in [1.165, 1.54) is 6.07 Å². The smallest absolute Gasteiger partial charge is 0.277 e. The number of amides is 1. The predicted molar refractivity (Wildman–Crippen MR) is 107 cm³/mol. The molecule has 0 saturated carbocycles. The molecule has 0 fully saturated rings. The Hall–Kier alpha value is -2.67. The molecule has 1 aromatic heterocycles. The summed E-state index contributed by atoms with van der Waals surface area (Å²) in [5.74, 6) is 0.130. The summed E-state index contributed by atoms with van der Waals surface area (Å²) in [6.07, 6.45) is 0.846. The molecule has 0 aliphatic rings. The fourth-order valence-corrected chi connectivity index (χ4v) is 3.38. The van der Waals surface area contributed by atoms with Gasteiger partial charge in [-0.15, -0.1) is 10.2 Å². The van der Waals surface area contributed by atoms with Crippen LogP contribution in [0.25, 0.3) is 11.5 Å². The fourth-order valence-electron chi connectivity index (χ4n) is 2.81. The molecule has 0 spiro atoms. The van der Waals surface area contributed by atoms with Crippen LogP contribution >= 0.6 is 11.8 Å². The van der Waals surface area contributed by atoms with Crippen molar-refractivity contribution in [3.63, 3.8) is 0 Å². The lowest BCUT2D eigenvalue weighted by atomic mass is 9.97. The monoisotopic (exact) mass is 399 g/mol. The Morgan fingerprint density at radius 3 is 2.54 bits per heavy atom. The zero-order chi connectivity index (χ0) is 19.9. The molecule has 3 rings (SSSR count). The number of nitrogens with one attached hydrogen (secondary N) is 1. The predicted octanol–water partition coefficient (Wildman–Crippen LogP) is 4.87. The van der Waals surface area contributed by atoms with Crippen LogP contribution in [0.5, 0.6) is 0 Å². The second-order valence-corrected chi connectivity index (χ2v) is 7.73. The molecule has 146 valence electrons. The molecule has 1 heterocycles. The molecular formula is C21H22FN3O2S. The molecule has 0 aliphatic carbocycles. The quantitative estimate of drug-likeness (QED) is 0.547. The van der Waals surface area contributed by atoms with E-state index in [0.717, 1.165) is 23.7 Å². The standard InChI is InChI=1S/C21H22FN3O2S/c1-14(2)12-18(15-8-4-3-5-9-15)23-19(26)13-28-21-25-24-20(27-21)16-10-6-7-11-17(16)22/h3-11,14,18H,12-13H2,1-2H3,(H,23,26)/t18-/m1/s1. The van der Waals surface area contributed by atoms with Crippen molar-refractivity contribution in [2.45, 2.75) is 31.5 Å². The topological polar surface area (TPSA) is 68.0 Å². The molecule has 7 heteroatoms. The van der Waals surface area contributed by atoms with Crippen molar-refractivity contribution in [1.29, 1.82) is 0 Å². The molecule has 1 N–H and O–H groups in total. The van der Waals surface area contributed by atoms with Gasteiger partial charge in [-0.25, -0.2) is 4.39 Å². The summed E-state index contributed by atoms with van der Waals surface area (Å²) in [4.78, 5) is 12.4. The number of carbonyl (C=O) groups excluding carboxylic acids is 1. The Labute approximate surface area is 167 Å². The number of benzene rings is 2. The van der Waals surface area contributed by atoms with Crippen molar-refractivity contribution in [2.75, 3.05) is 5.75 Å². The molecule has 1 atom stereocenters. The number of hydrogen-bond donors (Lipinski definition) is 1. The number of aromatic nitrogens is 2. The van der Waals surface area contributed by atoms with Gasteiger partial charge in [0.2, 0.25) is 5.91 Å². The Balaban J connectivity index is 1.60. The van der Waals surface area contributed by atoms with Crippen molar-refractivity contribution in [2.24, 2.45) is 5.92 Å². The molecule has 5 nitrogen and oxygen atoms in total. The van der Waals surface area contributed by atoms with Gasteiger partial charge < -0.3 is 9.73 Å². The Morgan fingerprint density at radius 1 is 1.11 bits per heavy atom. The third-order valence-corrected chi connectivity index (χ3v) is 4.90. The Morgan fingerprint density at radius 2 is 1.82 bits per heavy atom. The van der Waals surface area contributed by atoms with E-state index in [4.69, 9.17) is 4.42 Å². The van der Waals surface area contributed by atoms with Crippen LogP contribution in [0.2, 0.25) is 0 Å². The number of thioether (sulfide) groups is 1. The van der Waals surface area contributed by atoms with Gasteiger partial charge in [-0.3, -0.25) is 4.79 Å². The van der Waals surface area contributed by atoms with Gasteiger partial charge in [0.1, 0.15) is 5.82 Å². The van der Waals surface area contributed by atoms with E-state index in [1.807, 2.05) is 30.3 Å². The van der Waals surface area contributed by atoms with E-state index in [9.17, 15) is 9.18 Å². The van der Waals surface area contributed by atoms with Gasteiger partial charge in [0.15, 0.2) is 0 Å². The minimum atomic E-state index is -0.431.